The van der Waals surface area contributed by atoms with E-state index in [1.165, 1.54) is 30.3 Å². The lowest BCUT2D eigenvalue weighted by Gasteiger charge is -2.32. The molecule has 27 heavy (non-hydrogen) atoms. The van der Waals surface area contributed by atoms with Crippen LogP contribution in [0.5, 0.6) is 5.75 Å². The predicted molar refractivity (Wildman–Crippen MR) is 102 cm³/mol. The zero-order valence-corrected chi connectivity index (χ0v) is 16.5. The number of aromatic hydroxyl groups is 1. The van der Waals surface area contributed by atoms with E-state index in [1.54, 1.807) is 26.0 Å². The fourth-order valence-electron chi connectivity index (χ4n) is 3.26. The minimum atomic E-state index is -4.19. The Bertz CT molecular complexity index is 1080. The Morgan fingerprint density at radius 2 is 1.78 bits per heavy atom. The van der Waals surface area contributed by atoms with Crippen molar-refractivity contribution in [2.75, 3.05) is 15.8 Å². The monoisotopic (exact) mass is 411 g/mol. The summed E-state index contributed by atoms with van der Waals surface area (Å²) in [6.07, 6.45) is -1.36. The maximum Gasteiger partial charge on any atom is 0.264 e. The molecule has 0 spiro atoms. The van der Waals surface area contributed by atoms with Crippen molar-refractivity contribution in [1.82, 2.24) is 0 Å². The first-order valence-electron chi connectivity index (χ1n) is 8.30. The number of sulfonamides is 1. The molecule has 1 heterocycles. The van der Waals surface area contributed by atoms with E-state index in [0.29, 0.717) is 5.56 Å². The van der Waals surface area contributed by atoms with Crippen LogP contribution in [0.25, 0.3) is 0 Å². The van der Waals surface area contributed by atoms with Crippen molar-refractivity contribution >= 4 is 25.5 Å². The van der Waals surface area contributed by atoms with E-state index in [1.807, 2.05) is 0 Å². The van der Waals surface area contributed by atoms with Crippen LogP contribution in [0, 0.1) is 13.8 Å². The molecule has 1 saturated heterocycles. The molecule has 2 N–H and O–H groups in total. The fourth-order valence-corrected chi connectivity index (χ4v) is 7.11. The van der Waals surface area contributed by atoms with Crippen LogP contribution in [-0.2, 0) is 19.9 Å². The zero-order valence-electron chi connectivity index (χ0n) is 14.9. The predicted octanol–water partition coefficient (Wildman–Crippen LogP) is 1.36. The highest BCUT2D eigenvalue weighted by atomic mass is 32.2. The number of nitrogens with zero attached hydrogens (tertiary/aromatic N) is 1. The number of sulfone groups is 1. The lowest BCUT2D eigenvalue weighted by atomic mass is 10.2. The number of aliphatic hydroxyl groups is 1. The first-order valence-corrected chi connectivity index (χ1v) is 11.6. The van der Waals surface area contributed by atoms with Gasteiger partial charge in [0.2, 0.25) is 0 Å². The minimum Gasteiger partial charge on any atom is -0.508 e. The van der Waals surface area contributed by atoms with Gasteiger partial charge in [0.25, 0.3) is 10.0 Å². The Balaban J connectivity index is 2.22. The number of phenolic OH excluding ortho intramolecular Hbond substituents is 1. The van der Waals surface area contributed by atoms with E-state index in [0.717, 1.165) is 9.87 Å². The Kier molecular flexibility index (Phi) is 4.96. The normalized spacial score (nSPS) is 21.9. The Labute approximate surface area is 158 Å². The molecule has 7 nitrogen and oxygen atoms in total. The standard InChI is InChI=1S/C18H21NO6S2/c1-12-6-7-13(2)18(8-12)27(24,25)19(14-4-3-5-15(20)9-14)16-10-26(22,23)11-17(16)21/h3-9,16-17,20-21H,10-11H2,1-2H3/t16-,17-/m1/s1. The first kappa shape index (κ1) is 19.7. The minimum absolute atomic E-state index is 0.0299. The summed E-state index contributed by atoms with van der Waals surface area (Å²) in [6, 6.07) is 9.32. The average molecular weight is 412 g/mol. The lowest BCUT2D eigenvalue weighted by Crippen LogP contribution is -2.47. The number of aliphatic hydroxyl groups excluding tert-OH is 1. The van der Waals surface area contributed by atoms with Gasteiger partial charge in [-0.2, -0.15) is 0 Å². The first-order chi connectivity index (χ1) is 12.5. The highest BCUT2D eigenvalue weighted by Gasteiger charge is 2.45. The van der Waals surface area contributed by atoms with Gasteiger partial charge in [-0.15, -0.1) is 0 Å². The molecule has 0 aromatic heterocycles. The van der Waals surface area contributed by atoms with E-state index >= 15 is 0 Å². The molecule has 0 saturated carbocycles. The highest BCUT2D eigenvalue weighted by molar-refractivity contribution is 7.93. The molecule has 2 aromatic rings. The second-order valence-corrected chi connectivity index (χ2v) is 10.7. The molecule has 9 heteroatoms. The van der Waals surface area contributed by atoms with Crippen molar-refractivity contribution < 1.29 is 27.0 Å². The van der Waals surface area contributed by atoms with Crippen molar-refractivity contribution in [3.63, 3.8) is 0 Å². The molecule has 0 bridgehead atoms. The molecule has 146 valence electrons. The molecule has 2 aromatic carbocycles. The molecule has 1 aliphatic rings. The molecule has 0 amide bonds. The Hall–Kier alpha value is -2.10. The van der Waals surface area contributed by atoms with Gasteiger partial charge < -0.3 is 10.2 Å². The summed E-state index contributed by atoms with van der Waals surface area (Å²) in [6.45, 7) is 3.40. The van der Waals surface area contributed by atoms with Gasteiger partial charge in [-0.05, 0) is 43.2 Å². The molecule has 1 aliphatic heterocycles. The molecule has 0 aliphatic carbocycles. The number of benzene rings is 2. The number of phenols is 1. The van der Waals surface area contributed by atoms with Crippen LogP contribution in [0.1, 0.15) is 11.1 Å². The zero-order chi connectivity index (χ0) is 20.0. The van der Waals surface area contributed by atoms with Gasteiger partial charge in [-0.3, -0.25) is 4.31 Å². The van der Waals surface area contributed by atoms with E-state index in [-0.39, 0.29) is 16.3 Å². The molecule has 1 fully saturated rings. The van der Waals surface area contributed by atoms with Crippen molar-refractivity contribution in [3.8, 4) is 5.75 Å². The van der Waals surface area contributed by atoms with Gasteiger partial charge in [0.15, 0.2) is 9.84 Å². The largest absolute Gasteiger partial charge is 0.508 e. The summed E-state index contributed by atoms with van der Waals surface area (Å²) in [5.74, 6) is -1.16. The van der Waals surface area contributed by atoms with E-state index in [2.05, 4.69) is 0 Å². The summed E-state index contributed by atoms with van der Waals surface area (Å²) in [5.41, 5.74) is 1.33. The SMILES string of the molecule is Cc1ccc(C)c(S(=O)(=O)N(c2cccc(O)c2)[C@@H]2CS(=O)(=O)C[C@H]2O)c1. The van der Waals surface area contributed by atoms with Crippen molar-refractivity contribution in [3.05, 3.63) is 53.6 Å². The van der Waals surface area contributed by atoms with Crippen LogP contribution in [0.2, 0.25) is 0 Å². The van der Waals surface area contributed by atoms with E-state index in [4.69, 9.17) is 0 Å². The molecule has 0 unspecified atom stereocenters. The van der Waals surface area contributed by atoms with Gasteiger partial charge in [0, 0.05) is 6.07 Å². The van der Waals surface area contributed by atoms with Gasteiger partial charge in [0.05, 0.1) is 34.2 Å². The lowest BCUT2D eigenvalue weighted by molar-refractivity contribution is 0.184. The maximum absolute atomic E-state index is 13.5. The van der Waals surface area contributed by atoms with Crippen LogP contribution >= 0.6 is 0 Å². The Morgan fingerprint density at radius 1 is 1.07 bits per heavy atom. The van der Waals surface area contributed by atoms with Gasteiger partial charge in [0.1, 0.15) is 5.75 Å². The van der Waals surface area contributed by atoms with Gasteiger partial charge >= 0.3 is 0 Å². The number of anilines is 1. The highest BCUT2D eigenvalue weighted by Crippen LogP contribution is 2.33. The third kappa shape index (κ3) is 3.80. The van der Waals surface area contributed by atoms with Crippen LogP contribution < -0.4 is 4.31 Å². The third-order valence-corrected chi connectivity index (χ3v) is 8.25. The molecule has 0 radical (unpaired) electrons. The van der Waals surface area contributed by atoms with Crippen molar-refractivity contribution in [2.45, 2.75) is 30.9 Å². The Morgan fingerprint density at radius 3 is 2.37 bits per heavy atom. The van der Waals surface area contributed by atoms with Crippen molar-refractivity contribution in [1.29, 1.82) is 0 Å². The average Bonchev–Trinajstić information content (AvgIpc) is 2.82. The fraction of sp³-hybridized carbons (Fsp3) is 0.333. The van der Waals surface area contributed by atoms with Gasteiger partial charge in [-0.25, -0.2) is 16.8 Å². The van der Waals surface area contributed by atoms with Crippen molar-refractivity contribution in [2.24, 2.45) is 0 Å². The number of rotatable bonds is 4. The summed E-state index contributed by atoms with van der Waals surface area (Å²) >= 11 is 0. The van der Waals surface area contributed by atoms with Gasteiger partial charge in [-0.1, -0.05) is 18.2 Å². The third-order valence-electron chi connectivity index (χ3n) is 4.56. The molecule has 3 rings (SSSR count). The summed E-state index contributed by atoms with van der Waals surface area (Å²) < 4.78 is 51.9. The quantitative estimate of drug-likeness (QED) is 0.786. The number of aryl methyl sites for hydroxylation is 2. The van der Waals surface area contributed by atoms with Crippen LogP contribution in [0.4, 0.5) is 5.69 Å². The second-order valence-electron chi connectivity index (χ2n) is 6.80. The molecular weight excluding hydrogens is 390 g/mol. The second kappa shape index (κ2) is 6.81. The summed E-state index contributed by atoms with van der Waals surface area (Å²) in [7, 11) is -7.78. The smallest absolute Gasteiger partial charge is 0.264 e. The van der Waals surface area contributed by atoms with E-state index in [9.17, 15) is 27.0 Å². The topological polar surface area (TPSA) is 112 Å². The number of hydrogen-bond acceptors (Lipinski definition) is 6. The molecule has 2 atom stereocenters. The maximum atomic E-state index is 13.5. The summed E-state index contributed by atoms with van der Waals surface area (Å²) in [4.78, 5) is 0.0299. The summed E-state index contributed by atoms with van der Waals surface area (Å²) in [5, 5.41) is 20.1. The molecular formula is C18H21NO6S2. The number of hydrogen-bond donors (Lipinski definition) is 2. The van der Waals surface area contributed by atoms with Crippen LogP contribution in [0.15, 0.2) is 47.4 Å². The van der Waals surface area contributed by atoms with Crippen LogP contribution in [-0.4, -0.2) is 50.7 Å². The van der Waals surface area contributed by atoms with Crippen LogP contribution in [0.3, 0.4) is 0 Å². The van der Waals surface area contributed by atoms with E-state index < -0.39 is 43.5 Å².